The quantitative estimate of drug-likeness (QED) is 0.176. The second-order valence-electron chi connectivity index (χ2n) is 9.80. The molecule has 0 aliphatic carbocycles. The van der Waals surface area contributed by atoms with E-state index >= 15 is 4.39 Å². The first-order chi connectivity index (χ1) is 20.5. The number of alkyl halides is 1. The summed E-state index contributed by atoms with van der Waals surface area (Å²) in [4.78, 5) is 24.5. The highest BCUT2D eigenvalue weighted by Crippen LogP contribution is 2.60. The van der Waals surface area contributed by atoms with Crippen molar-refractivity contribution in [2.75, 3.05) is 24.7 Å². The van der Waals surface area contributed by atoms with E-state index in [1.807, 2.05) is 0 Å². The average Bonchev–Trinajstić information content (AvgIpc) is 3.72. The van der Waals surface area contributed by atoms with Gasteiger partial charge in [0.1, 0.15) is 42.0 Å². The summed E-state index contributed by atoms with van der Waals surface area (Å²) >= 11 is 8.21. The number of anilines is 2. The lowest BCUT2D eigenvalue weighted by molar-refractivity contribution is -0.0561. The molecule has 0 spiro atoms. The molecule has 4 aromatic rings. The topological polar surface area (TPSA) is 229 Å². The molecule has 18 nitrogen and oxygen atoms in total. The molecule has 7 rings (SSSR count). The largest absolute Gasteiger partial charge is 0.386 e. The summed E-state index contributed by atoms with van der Waals surface area (Å²) in [6.45, 7) is -9.23. The molecule has 43 heavy (non-hydrogen) atoms. The minimum Gasteiger partial charge on any atom is -0.382 e. The Labute approximate surface area is 251 Å². The Morgan fingerprint density at radius 2 is 1.37 bits per heavy atom. The Bertz CT molecular complexity index is 1800. The summed E-state index contributed by atoms with van der Waals surface area (Å²) in [7, 11) is 0. The van der Waals surface area contributed by atoms with Crippen LogP contribution in [-0.2, 0) is 36.7 Å². The van der Waals surface area contributed by atoms with Crippen LogP contribution in [0.1, 0.15) is 18.9 Å². The summed E-state index contributed by atoms with van der Waals surface area (Å²) in [5.41, 5.74) is 12.8. The molecule has 0 amide bonds. The van der Waals surface area contributed by atoms with E-state index in [0.717, 1.165) is 0 Å². The Morgan fingerprint density at radius 1 is 0.791 bits per heavy atom. The van der Waals surface area contributed by atoms with E-state index in [9.17, 15) is 9.13 Å². The van der Waals surface area contributed by atoms with Gasteiger partial charge in [-0.25, -0.2) is 43.4 Å². The van der Waals surface area contributed by atoms with Gasteiger partial charge in [0.05, 0.1) is 32.0 Å². The number of hydrogen-bond acceptors (Lipinski definition) is 16. The number of halogens is 1. The smallest absolute Gasteiger partial charge is 0.382 e. The molecule has 3 aliphatic heterocycles. The highest BCUT2D eigenvalue weighted by atomic mass is 32.7. The highest BCUT2D eigenvalue weighted by molar-refractivity contribution is 8.44. The fraction of sp³-hybridized carbons (Fsp3) is 0.500. The van der Waals surface area contributed by atoms with Crippen LogP contribution in [0.25, 0.3) is 22.3 Å². The van der Waals surface area contributed by atoms with Gasteiger partial charge in [-0.2, -0.15) is 0 Å². The van der Waals surface area contributed by atoms with E-state index in [1.165, 1.54) is 34.4 Å². The van der Waals surface area contributed by atoms with Crippen molar-refractivity contribution in [3.05, 3.63) is 25.3 Å². The van der Waals surface area contributed by atoms with Crippen molar-refractivity contribution in [1.29, 1.82) is 0 Å². The van der Waals surface area contributed by atoms with E-state index in [4.69, 9.17) is 39.0 Å². The molecule has 2 bridgehead atoms. The minimum absolute atomic E-state index is 0.0791. The lowest BCUT2D eigenvalue weighted by atomic mass is 10.1. The van der Waals surface area contributed by atoms with E-state index in [2.05, 4.69) is 54.4 Å². The molecular weight excluding hydrogens is 653 g/mol. The predicted molar refractivity (Wildman–Crippen MR) is 152 cm³/mol. The predicted octanol–water partition coefficient (Wildman–Crippen LogP) is 2.25. The standard InChI is InChI=1S/C20H23FN10O8P2S2/c21-11-14-10(37-20(11)31-7-29-13-16(23)25-5-27-18(13)31)3-35-40(32,42)38-9-1-8(2-34-41(33,43)39-14)36-19(9)30-6-28-12-15(22)24-4-26-17(12)30/h4-11,14,19-20H,1-3H2,(H,32,42)(H,33,43)(H2,22,24,26)(H2,23,25,27)/t8-,9+,10+,11+,14+,19+,20+,40-,41+/m0/s1. The zero-order chi connectivity index (χ0) is 30.1. The van der Waals surface area contributed by atoms with Gasteiger partial charge < -0.3 is 20.9 Å². The van der Waals surface area contributed by atoms with Gasteiger partial charge in [0.25, 0.3) is 0 Å². The van der Waals surface area contributed by atoms with E-state index in [1.54, 1.807) is 0 Å². The first-order valence-electron chi connectivity index (χ1n) is 12.6. The summed E-state index contributed by atoms with van der Waals surface area (Å²) < 4.78 is 80.0. The van der Waals surface area contributed by atoms with Crippen molar-refractivity contribution in [2.45, 2.75) is 49.5 Å². The number of nitrogens with two attached hydrogens (primary N) is 2. The summed E-state index contributed by atoms with van der Waals surface area (Å²) in [6.07, 6.45) is -3.59. The average molecular weight is 677 g/mol. The van der Waals surface area contributed by atoms with Crippen molar-refractivity contribution in [2.24, 2.45) is 0 Å². The van der Waals surface area contributed by atoms with Gasteiger partial charge in [-0.3, -0.25) is 27.2 Å². The third kappa shape index (κ3) is 5.41. The molecular formula is C20H23FN10O8P2S2. The Balaban J connectivity index is 1.18. The molecule has 3 saturated heterocycles. The number of ether oxygens (including phenoxy) is 2. The molecule has 4 aromatic heterocycles. The van der Waals surface area contributed by atoms with Crippen LogP contribution in [0, 0.1) is 0 Å². The van der Waals surface area contributed by atoms with E-state index in [0.29, 0.717) is 11.2 Å². The zero-order valence-electron chi connectivity index (χ0n) is 21.6. The van der Waals surface area contributed by atoms with Crippen LogP contribution in [-0.4, -0.2) is 82.8 Å². The van der Waals surface area contributed by atoms with E-state index in [-0.39, 0.29) is 35.8 Å². The van der Waals surface area contributed by atoms with Crippen molar-refractivity contribution < 1.29 is 41.1 Å². The van der Waals surface area contributed by atoms with Crippen molar-refractivity contribution in [3.8, 4) is 0 Å². The minimum atomic E-state index is -4.23. The molecule has 0 saturated carbocycles. The Morgan fingerprint density at radius 3 is 2.02 bits per heavy atom. The van der Waals surface area contributed by atoms with Crippen LogP contribution in [0.2, 0.25) is 0 Å². The number of aromatic nitrogens is 8. The molecule has 3 aliphatic rings. The maximum absolute atomic E-state index is 16.0. The highest BCUT2D eigenvalue weighted by Gasteiger charge is 2.52. The van der Waals surface area contributed by atoms with Crippen LogP contribution in [0.5, 0.6) is 0 Å². The second-order valence-corrected chi connectivity index (χ2v) is 15.6. The third-order valence-electron chi connectivity index (χ3n) is 7.08. The number of fused-ring (bicyclic) bond motifs is 5. The van der Waals surface area contributed by atoms with Gasteiger partial charge >= 0.3 is 13.6 Å². The molecule has 23 heteroatoms. The van der Waals surface area contributed by atoms with Gasteiger partial charge in [0.15, 0.2) is 41.6 Å². The molecule has 0 unspecified atom stereocenters. The summed E-state index contributed by atoms with van der Waals surface area (Å²) in [5, 5.41) is 0. The molecule has 230 valence electrons. The molecule has 4 N–H and O–H groups in total. The van der Waals surface area contributed by atoms with Gasteiger partial charge in [-0.15, -0.1) is 0 Å². The Kier molecular flexibility index (Phi) is 7.40. The number of rotatable bonds is 2. The zero-order valence-corrected chi connectivity index (χ0v) is 25.2. The van der Waals surface area contributed by atoms with Gasteiger partial charge in [-0.1, -0.05) is 24.5 Å². The number of hydrogen-bond donors (Lipinski definition) is 4. The summed E-state index contributed by atoms with van der Waals surface area (Å²) in [5.74, 6) is 0.225. The Hall–Kier alpha value is -2.45. The normalized spacial score (nSPS) is 37.1. The van der Waals surface area contributed by atoms with Crippen LogP contribution in [0.15, 0.2) is 25.3 Å². The van der Waals surface area contributed by atoms with E-state index < -0.39 is 63.2 Å². The van der Waals surface area contributed by atoms with Gasteiger partial charge in [0.2, 0.25) is 0 Å². The van der Waals surface area contributed by atoms with Crippen molar-refractivity contribution in [3.63, 3.8) is 0 Å². The maximum Gasteiger partial charge on any atom is 0.386 e. The fourth-order valence-electron chi connectivity index (χ4n) is 5.18. The second kappa shape index (κ2) is 10.9. The number of nitrogen functional groups attached to an aromatic ring is 2. The van der Waals surface area contributed by atoms with Crippen LogP contribution < -0.4 is 11.5 Å². The third-order valence-corrected chi connectivity index (χ3v) is 10.3. The summed E-state index contributed by atoms with van der Waals surface area (Å²) in [6, 6.07) is 0. The van der Waals surface area contributed by atoms with Crippen LogP contribution >= 0.6 is 38.1 Å². The van der Waals surface area contributed by atoms with Crippen LogP contribution in [0.4, 0.5) is 16.0 Å². The van der Waals surface area contributed by atoms with Crippen molar-refractivity contribution in [1.82, 2.24) is 39.0 Å². The van der Waals surface area contributed by atoms with Crippen molar-refractivity contribution >= 4 is 72.1 Å². The lowest BCUT2D eigenvalue weighted by Crippen LogP contribution is -2.33. The first-order valence-corrected chi connectivity index (χ1v) is 18.0. The fourth-order valence-corrected chi connectivity index (χ4v) is 8.18. The lowest BCUT2D eigenvalue weighted by Gasteiger charge is -2.26. The number of thiol groups is 2. The van der Waals surface area contributed by atoms with Crippen LogP contribution in [0.3, 0.4) is 0 Å². The molecule has 3 fully saturated rings. The molecule has 7 heterocycles. The molecule has 9 atom stereocenters. The van der Waals surface area contributed by atoms with Gasteiger partial charge in [0, 0.05) is 6.42 Å². The molecule has 0 aromatic carbocycles. The number of nitrogens with zero attached hydrogens (tertiary/aromatic N) is 8. The van der Waals surface area contributed by atoms with Gasteiger partial charge in [-0.05, 0) is 0 Å². The number of imidazole rings is 2. The SMILES string of the molecule is Nc1ncnc2c1ncn2[C@@H]1O[C@@H]2CO[P@](=O)(S)O[C@@H]3C[C@@H](CO[P@@](=O)(S)O[C@H]2[C@H]1F)O[C@H]3n1cnc2c(N)ncnc21. The molecule has 0 radical (unpaired) electrons. The monoisotopic (exact) mass is 676 g/mol. The first kappa shape index (κ1) is 29.3. The maximum atomic E-state index is 16.0.